The van der Waals surface area contributed by atoms with E-state index in [1.165, 1.54) is 0 Å². The van der Waals surface area contributed by atoms with E-state index in [-0.39, 0.29) is 24.0 Å². The molecule has 0 saturated heterocycles. The molecule has 0 spiro atoms. The zero-order valence-corrected chi connectivity index (χ0v) is 8.98. The van der Waals surface area contributed by atoms with Gasteiger partial charge in [-0.2, -0.15) is 0 Å². The number of nitrogens with two attached hydrogens (primary N) is 1. The van der Waals surface area contributed by atoms with Gasteiger partial charge in [-0.05, 0) is 38.0 Å². The van der Waals surface area contributed by atoms with Crippen LogP contribution in [-0.2, 0) is 4.79 Å². The van der Waals surface area contributed by atoms with Crippen LogP contribution in [0.2, 0.25) is 0 Å². The summed E-state index contributed by atoms with van der Waals surface area (Å²) in [5.41, 5.74) is 5.75. The molecule has 2 saturated carbocycles. The van der Waals surface area contributed by atoms with Crippen molar-refractivity contribution in [3.8, 4) is 0 Å². The molecule has 15 heavy (non-hydrogen) atoms. The third kappa shape index (κ3) is 2.92. The zero-order chi connectivity index (χ0) is 10.8. The Balaban J connectivity index is 1.67. The molecule has 1 amide bonds. The second kappa shape index (κ2) is 4.49. The molecule has 2 aliphatic carbocycles. The first-order chi connectivity index (χ1) is 7.16. The fraction of sp³-hybridized carbons (Fsp3) is 0.909. The summed E-state index contributed by atoms with van der Waals surface area (Å²) in [7, 11) is 0. The smallest absolute Gasteiger partial charge is 0.223 e. The highest BCUT2D eigenvalue weighted by molar-refractivity contribution is 5.79. The summed E-state index contributed by atoms with van der Waals surface area (Å²) in [5, 5.41) is 12.4. The standard InChI is InChI=1S/C11H20N2O2/c12-9-4-3-8(5-9)11(15)13-6-10(14)7-1-2-7/h7-10,14H,1-6,12H2,(H,13,15). The van der Waals surface area contributed by atoms with Gasteiger partial charge in [-0.1, -0.05) is 0 Å². The maximum Gasteiger partial charge on any atom is 0.223 e. The second-order valence-corrected chi connectivity index (χ2v) is 4.92. The predicted molar refractivity (Wildman–Crippen MR) is 57.1 cm³/mol. The van der Waals surface area contributed by atoms with Crippen molar-refractivity contribution in [1.29, 1.82) is 0 Å². The molecule has 0 aromatic rings. The lowest BCUT2D eigenvalue weighted by Crippen LogP contribution is -2.36. The molecule has 4 heteroatoms. The summed E-state index contributed by atoms with van der Waals surface area (Å²) in [5.74, 6) is 0.574. The van der Waals surface area contributed by atoms with Gasteiger partial charge in [-0.3, -0.25) is 4.79 Å². The van der Waals surface area contributed by atoms with E-state index in [9.17, 15) is 9.90 Å². The number of carbonyl (C=O) groups is 1. The molecule has 0 aromatic heterocycles. The van der Waals surface area contributed by atoms with Crippen LogP contribution in [0.1, 0.15) is 32.1 Å². The molecule has 3 atom stereocenters. The highest BCUT2D eigenvalue weighted by atomic mass is 16.3. The van der Waals surface area contributed by atoms with Crippen LogP contribution in [0.4, 0.5) is 0 Å². The van der Waals surface area contributed by atoms with Gasteiger partial charge >= 0.3 is 0 Å². The van der Waals surface area contributed by atoms with Gasteiger partial charge in [0.05, 0.1) is 6.10 Å². The van der Waals surface area contributed by atoms with Gasteiger partial charge in [-0.25, -0.2) is 0 Å². The summed E-state index contributed by atoms with van der Waals surface area (Å²) in [4.78, 5) is 11.7. The van der Waals surface area contributed by atoms with Crippen LogP contribution in [0.25, 0.3) is 0 Å². The SMILES string of the molecule is NC1CCC(C(=O)NCC(O)C2CC2)C1. The lowest BCUT2D eigenvalue weighted by atomic mass is 10.1. The summed E-state index contributed by atoms with van der Waals surface area (Å²) in [6.45, 7) is 0.412. The maximum absolute atomic E-state index is 11.7. The quantitative estimate of drug-likeness (QED) is 0.614. The maximum atomic E-state index is 11.7. The number of rotatable bonds is 4. The van der Waals surface area contributed by atoms with Gasteiger partial charge in [0, 0.05) is 18.5 Å². The minimum absolute atomic E-state index is 0.0719. The molecular weight excluding hydrogens is 192 g/mol. The first kappa shape index (κ1) is 10.9. The van der Waals surface area contributed by atoms with E-state index < -0.39 is 0 Å². The van der Waals surface area contributed by atoms with Crippen molar-refractivity contribution >= 4 is 5.91 Å². The number of nitrogens with one attached hydrogen (secondary N) is 1. The van der Waals surface area contributed by atoms with E-state index in [0.29, 0.717) is 12.5 Å². The topological polar surface area (TPSA) is 75.4 Å². The van der Waals surface area contributed by atoms with Crippen molar-refractivity contribution in [3.63, 3.8) is 0 Å². The number of hydrogen-bond acceptors (Lipinski definition) is 3. The molecule has 4 nitrogen and oxygen atoms in total. The molecule has 0 aromatic carbocycles. The van der Waals surface area contributed by atoms with E-state index in [1.807, 2.05) is 0 Å². The lowest BCUT2D eigenvalue weighted by Gasteiger charge is -2.13. The fourth-order valence-corrected chi connectivity index (χ4v) is 2.25. The minimum atomic E-state index is -0.343. The molecule has 4 N–H and O–H groups in total. The molecular formula is C11H20N2O2. The van der Waals surface area contributed by atoms with Crippen molar-refractivity contribution in [1.82, 2.24) is 5.32 Å². The Kier molecular flexibility index (Phi) is 3.26. The van der Waals surface area contributed by atoms with E-state index in [4.69, 9.17) is 5.73 Å². The lowest BCUT2D eigenvalue weighted by molar-refractivity contribution is -0.125. The Morgan fingerprint density at radius 1 is 1.40 bits per heavy atom. The number of carbonyl (C=O) groups excluding carboxylic acids is 1. The minimum Gasteiger partial charge on any atom is -0.391 e. The van der Waals surface area contributed by atoms with E-state index in [0.717, 1.165) is 32.1 Å². The molecule has 0 radical (unpaired) electrons. The Morgan fingerprint density at radius 3 is 2.67 bits per heavy atom. The van der Waals surface area contributed by atoms with Crippen molar-refractivity contribution < 1.29 is 9.90 Å². The van der Waals surface area contributed by atoms with Crippen LogP contribution in [0.5, 0.6) is 0 Å². The summed E-state index contributed by atoms with van der Waals surface area (Å²) < 4.78 is 0. The average molecular weight is 212 g/mol. The summed E-state index contributed by atoms with van der Waals surface area (Å²) in [6.07, 6.45) is 4.50. The highest BCUT2D eigenvalue weighted by Crippen LogP contribution is 2.32. The van der Waals surface area contributed by atoms with Crippen molar-refractivity contribution in [2.24, 2.45) is 17.6 Å². The Morgan fingerprint density at radius 2 is 2.13 bits per heavy atom. The molecule has 2 aliphatic rings. The molecule has 2 fully saturated rings. The third-order valence-electron chi connectivity index (χ3n) is 3.50. The first-order valence-corrected chi connectivity index (χ1v) is 5.88. The number of aliphatic hydroxyl groups excluding tert-OH is 1. The molecule has 0 aliphatic heterocycles. The van der Waals surface area contributed by atoms with Crippen LogP contribution < -0.4 is 11.1 Å². The molecule has 0 heterocycles. The van der Waals surface area contributed by atoms with Gasteiger partial charge in [0.1, 0.15) is 0 Å². The monoisotopic (exact) mass is 212 g/mol. The highest BCUT2D eigenvalue weighted by Gasteiger charge is 2.31. The molecule has 2 rings (SSSR count). The Hall–Kier alpha value is -0.610. The summed E-state index contributed by atoms with van der Waals surface area (Å²) >= 11 is 0. The van der Waals surface area contributed by atoms with Crippen LogP contribution >= 0.6 is 0 Å². The average Bonchev–Trinajstić information content (AvgIpc) is 2.97. The zero-order valence-electron chi connectivity index (χ0n) is 8.98. The third-order valence-corrected chi connectivity index (χ3v) is 3.50. The van der Waals surface area contributed by atoms with E-state index in [2.05, 4.69) is 5.32 Å². The number of hydrogen-bond donors (Lipinski definition) is 3. The molecule has 3 unspecified atom stereocenters. The van der Waals surface area contributed by atoms with Crippen LogP contribution in [-0.4, -0.2) is 29.7 Å². The predicted octanol–water partition coefficient (Wildman–Crippen LogP) is 0.000900. The van der Waals surface area contributed by atoms with Gasteiger partial charge in [0.15, 0.2) is 0 Å². The van der Waals surface area contributed by atoms with Crippen LogP contribution in [0.3, 0.4) is 0 Å². The number of aliphatic hydroxyl groups is 1. The van der Waals surface area contributed by atoms with Gasteiger partial charge in [0.25, 0.3) is 0 Å². The second-order valence-electron chi connectivity index (χ2n) is 4.92. The van der Waals surface area contributed by atoms with Gasteiger partial charge < -0.3 is 16.2 Å². The summed E-state index contributed by atoms with van der Waals surface area (Å²) in [6, 6.07) is 0.189. The van der Waals surface area contributed by atoms with E-state index >= 15 is 0 Å². The van der Waals surface area contributed by atoms with Crippen molar-refractivity contribution in [2.45, 2.75) is 44.2 Å². The van der Waals surface area contributed by atoms with Gasteiger partial charge in [-0.15, -0.1) is 0 Å². The normalized spacial score (nSPS) is 32.7. The Bertz CT molecular complexity index is 241. The fourth-order valence-electron chi connectivity index (χ4n) is 2.25. The molecule has 86 valence electrons. The first-order valence-electron chi connectivity index (χ1n) is 5.88. The molecule has 0 bridgehead atoms. The van der Waals surface area contributed by atoms with Crippen molar-refractivity contribution in [3.05, 3.63) is 0 Å². The van der Waals surface area contributed by atoms with E-state index in [1.54, 1.807) is 0 Å². The van der Waals surface area contributed by atoms with Crippen molar-refractivity contribution in [2.75, 3.05) is 6.54 Å². The van der Waals surface area contributed by atoms with Crippen LogP contribution in [0.15, 0.2) is 0 Å². The largest absolute Gasteiger partial charge is 0.391 e. The van der Waals surface area contributed by atoms with Crippen LogP contribution in [0, 0.1) is 11.8 Å². The number of amides is 1. The Labute approximate surface area is 90.2 Å². The van der Waals surface area contributed by atoms with Gasteiger partial charge in [0.2, 0.25) is 5.91 Å².